The maximum Gasteiger partial charge on any atom is 0.416 e. The Morgan fingerprint density at radius 1 is 1.10 bits per heavy atom. The average Bonchev–Trinajstić information content (AvgIpc) is 2.71. The third-order valence-corrected chi connectivity index (χ3v) is 4.35. The molecule has 158 valence electrons. The Morgan fingerprint density at radius 3 is 2.57 bits per heavy atom. The fourth-order valence-electron chi connectivity index (χ4n) is 2.86. The van der Waals surface area contributed by atoms with Crippen molar-refractivity contribution in [2.75, 3.05) is 13.2 Å². The van der Waals surface area contributed by atoms with Crippen LogP contribution in [0.4, 0.5) is 13.2 Å². The second-order valence-electron chi connectivity index (χ2n) is 6.60. The van der Waals surface area contributed by atoms with Crippen LogP contribution < -0.4 is 15.6 Å². The number of carbonyl (C=O) groups excluding carboxylic acids is 1. The molecule has 2 N–H and O–H groups in total. The highest BCUT2D eigenvalue weighted by atomic mass is 19.4. The molecule has 0 saturated heterocycles. The first kappa shape index (κ1) is 21.4. The monoisotopic (exact) mass is 419 g/mol. The van der Waals surface area contributed by atoms with E-state index in [0.717, 1.165) is 12.1 Å². The van der Waals surface area contributed by atoms with Crippen molar-refractivity contribution in [2.24, 2.45) is 0 Å². The SMILES string of the molecule is O=C(CCCc1nc2ccccc2c(=O)[nH]1)NCCOc1ccc(C(F)(F)F)cc1. The highest BCUT2D eigenvalue weighted by Crippen LogP contribution is 2.30. The molecule has 30 heavy (non-hydrogen) atoms. The molecule has 0 radical (unpaired) electrons. The summed E-state index contributed by atoms with van der Waals surface area (Å²) < 4.78 is 42.8. The molecular weight excluding hydrogens is 399 g/mol. The maximum atomic E-state index is 12.5. The van der Waals surface area contributed by atoms with Crippen LogP contribution >= 0.6 is 0 Å². The van der Waals surface area contributed by atoms with Gasteiger partial charge in [0.2, 0.25) is 5.91 Å². The van der Waals surface area contributed by atoms with E-state index in [0.29, 0.717) is 35.3 Å². The van der Waals surface area contributed by atoms with Crippen LogP contribution in [0.2, 0.25) is 0 Å². The van der Waals surface area contributed by atoms with Gasteiger partial charge in [-0.05, 0) is 42.8 Å². The van der Waals surface area contributed by atoms with Crippen LogP contribution in [0.3, 0.4) is 0 Å². The van der Waals surface area contributed by atoms with Gasteiger partial charge in [-0.1, -0.05) is 12.1 Å². The minimum absolute atomic E-state index is 0.136. The zero-order chi connectivity index (χ0) is 21.6. The van der Waals surface area contributed by atoms with E-state index < -0.39 is 11.7 Å². The number of para-hydroxylation sites is 1. The Hall–Kier alpha value is -3.36. The molecule has 0 saturated carbocycles. The molecule has 1 aromatic heterocycles. The highest BCUT2D eigenvalue weighted by Gasteiger charge is 2.29. The molecule has 0 aliphatic carbocycles. The molecule has 0 aliphatic rings. The Morgan fingerprint density at radius 2 is 1.83 bits per heavy atom. The van der Waals surface area contributed by atoms with Crippen LogP contribution in [-0.2, 0) is 17.4 Å². The van der Waals surface area contributed by atoms with Crippen molar-refractivity contribution in [2.45, 2.75) is 25.4 Å². The number of aromatic nitrogens is 2. The summed E-state index contributed by atoms with van der Waals surface area (Å²) in [5.41, 5.74) is -0.341. The fourth-order valence-corrected chi connectivity index (χ4v) is 2.86. The highest BCUT2D eigenvalue weighted by molar-refractivity contribution is 5.77. The predicted molar refractivity (Wildman–Crippen MR) is 105 cm³/mol. The summed E-state index contributed by atoms with van der Waals surface area (Å²) in [6.45, 7) is 0.363. The number of aromatic amines is 1. The topological polar surface area (TPSA) is 84.1 Å². The molecule has 0 unspecified atom stereocenters. The number of carbonyl (C=O) groups is 1. The number of amides is 1. The number of aryl methyl sites for hydroxylation is 1. The molecule has 0 spiro atoms. The third kappa shape index (κ3) is 5.82. The summed E-state index contributed by atoms with van der Waals surface area (Å²) >= 11 is 0. The Bertz CT molecular complexity index is 1060. The molecule has 0 fully saturated rings. The lowest BCUT2D eigenvalue weighted by atomic mass is 10.2. The van der Waals surface area contributed by atoms with Gasteiger partial charge in [0.1, 0.15) is 18.2 Å². The lowest BCUT2D eigenvalue weighted by Crippen LogP contribution is -2.28. The van der Waals surface area contributed by atoms with Crippen molar-refractivity contribution in [1.29, 1.82) is 0 Å². The molecule has 9 heteroatoms. The van der Waals surface area contributed by atoms with Crippen molar-refractivity contribution in [3.63, 3.8) is 0 Å². The van der Waals surface area contributed by atoms with Crippen LogP contribution in [0.25, 0.3) is 10.9 Å². The van der Waals surface area contributed by atoms with Gasteiger partial charge >= 0.3 is 6.18 Å². The largest absolute Gasteiger partial charge is 0.492 e. The maximum absolute atomic E-state index is 12.5. The zero-order valence-electron chi connectivity index (χ0n) is 16.0. The Kier molecular flexibility index (Phi) is 6.71. The Labute approximate surface area is 170 Å². The summed E-state index contributed by atoms with van der Waals surface area (Å²) in [7, 11) is 0. The quantitative estimate of drug-likeness (QED) is 0.548. The molecule has 0 bridgehead atoms. The van der Waals surface area contributed by atoms with Gasteiger partial charge in [0.15, 0.2) is 0 Å². The summed E-state index contributed by atoms with van der Waals surface area (Å²) in [6, 6.07) is 11.4. The van der Waals surface area contributed by atoms with Gasteiger partial charge in [-0.25, -0.2) is 4.98 Å². The average molecular weight is 419 g/mol. The van der Waals surface area contributed by atoms with Gasteiger partial charge in [-0.15, -0.1) is 0 Å². The molecule has 2 aromatic carbocycles. The van der Waals surface area contributed by atoms with E-state index in [1.165, 1.54) is 12.1 Å². The standard InChI is InChI=1S/C21H20F3N3O3/c22-21(23,24)14-8-10-15(11-9-14)30-13-12-25-19(28)7-3-6-18-26-17-5-2-1-4-16(17)20(29)27-18/h1-2,4-5,8-11H,3,6-7,12-13H2,(H,25,28)(H,26,27,29). The van der Waals surface area contributed by atoms with E-state index in [9.17, 15) is 22.8 Å². The van der Waals surface area contributed by atoms with Crippen LogP contribution in [0, 0.1) is 0 Å². The van der Waals surface area contributed by atoms with E-state index in [-0.39, 0.29) is 31.0 Å². The number of nitrogens with zero attached hydrogens (tertiary/aromatic N) is 1. The Balaban J connectivity index is 1.37. The van der Waals surface area contributed by atoms with Crippen molar-refractivity contribution in [1.82, 2.24) is 15.3 Å². The van der Waals surface area contributed by atoms with Crippen LogP contribution in [0.5, 0.6) is 5.75 Å². The molecule has 3 aromatic rings. The molecule has 0 aliphatic heterocycles. The van der Waals surface area contributed by atoms with Crippen molar-refractivity contribution in [3.05, 3.63) is 70.3 Å². The van der Waals surface area contributed by atoms with Crippen molar-refractivity contribution in [3.8, 4) is 5.75 Å². The summed E-state index contributed by atoms with van der Waals surface area (Å²) in [5.74, 6) is 0.634. The minimum Gasteiger partial charge on any atom is -0.492 e. The predicted octanol–water partition coefficient (Wildman–Crippen LogP) is 3.46. The number of hydrogen-bond acceptors (Lipinski definition) is 4. The lowest BCUT2D eigenvalue weighted by molar-refractivity contribution is -0.137. The van der Waals surface area contributed by atoms with E-state index in [4.69, 9.17) is 4.74 Å². The van der Waals surface area contributed by atoms with Crippen LogP contribution in [-0.4, -0.2) is 29.0 Å². The summed E-state index contributed by atoms with van der Waals surface area (Å²) in [6.07, 6.45) is -3.18. The number of ether oxygens (including phenoxy) is 1. The molecule has 1 amide bonds. The van der Waals surface area contributed by atoms with Crippen LogP contribution in [0.15, 0.2) is 53.3 Å². The van der Waals surface area contributed by atoms with Crippen LogP contribution in [0.1, 0.15) is 24.2 Å². The normalized spacial score (nSPS) is 11.4. The first-order chi connectivity index (χ1) is 14.3. The molecule has 3 rings (SSSR count). The number of halogens is 3. The molecule has 6 nitrogen and oxygen atoms in total. The third-order valence-electron chi connectivity index (χ3n) is 4.35. The number of nitrogens with one attached hydrogen (secondary N) is 2. The van der Waals surface area contributed by atoms with Gasteiger partial charge in [-0.3, -0.25) is 9.59 Å². The first-order valence-electron chi connectivity index (χ1n) is 9.37. The van der Waals surface area contributed by atoms with E-state index >= 15 is 0 Å². The second kappa shape index (κ2) is 9.43. The first-order valence-corrected chi connectivity index (χ1v) is 9.37. The smallest absolute Gasteiger partial charge is 0.416 e. The summed E-state index contributed by atoms with van der Waals surface area (Å²) in [4.78, 5) is 31.0. The molecule has 1 heterocycles. The van der Waals surface area contributed by atoms with Crippen molar-refractivity contribution >= 4 is 16.8 Å². The number of rotatable bonds is 8. The second-order valence-corrected chi connectivity index (χ2v) is 6.60. The zero-order valence-corrected chi connectivity index (χ0v) is 16.0. The number of alkyl halides is 3. The molecular formula is C21H20F3N3O3. The number of benzene rings is 2. The van der Waals surface area contributed by atoms with Gasteiger partial charge in [0, 0.05) is 12.8 Å². The van der Waals surface area contributed by atoms with Gasteiger partial charge in [-0.2, -0.15) is 13.2 Å². The van der Waals surface area contributed by atoms with E-state index in [1.807, 2.05) is 0 Å². The van der Waals surface area contributed by atoms with Crippen molar-refractivity contribution < 1.29 is 22.7 Å². The number of H-pyrrole nitrogens is 1. The van der Waals surface area contributed by atoms with E-state index in [2.05, 4.69) is 15.3 Å². The van der Waals surface area contributed by atoms with Gasteiger partial charge < -0.3 is 15.0 Å². The minimum atomic E-state index is -4.39. The number of hydrogen-bond donors (Lipinski definition) is 2. The van der Waals surface area contributed by atoms with Gasteiger partial charge in [0.25, 0.3) is 5.56 Å². The molecule has 0 atom stereocenters. The van der Waals surface area contributed by atoms with Gasteiger partial charge in [0.05, 0.1) is 23.0 Å². The number of fused-ring (bicyclic) bond motifs is 1. The fraction of sp³-hybridized carbons (Fsp3) is 0.286. The lowest BCUT2D eigenvalue weighted by Gasteiger charge is -2.10. The van der Waals surface area contributed by atoms with E-state index in [1.54, 1.807) is 24.3 Å². The summed E-state index contributed by atoms with van der Waals surface area (Å²) in [5, 5.41) is 3.20.